The van der Waals surface area contributed by atoms with E-state index in [9.17, 15) is 4.79 Å². The van der Waals surface area contributed by atoms with Crippen LogP contribution in [0.25, 0.3) is 0 Å². The van der Waals surface area contributed by atoms with Crippen molar-refractivity contribution in [3.05, 3.63) is 53.6 Å². The van der Waals surface area contributed by atoms with Crippen LogP contribution in [0.5, 0.6) is 5.75 Å². The lowest BCUT2D eigenvalue weighted by molar-refractivity contribution is 0.102. The van der Waals surface area contributed by atoms with Gasteiger partial charge in [-0.05, 0) is 43.5 Å². The largest absolute Gasteiger partial charge is 0.496 e. The molecule has 0 saturated carbocycles. The lowest BCUT2D eigenvalue weighted by atomic mass is 10.1. The lowest BCUT2D eigenvalue weighted by Gasteiger charge is -2.21. The van der Waals surface area contributed by atoms with E-state index in [0.717, 1.165) is 30.0 Å². The lowest BCUT2D eigenvalue weighted by Crippen LogP contribution is -2.21. The zero-order valence-corrected chi connectivity index (χ0v) is 13.6. The monoisotopic (exact) mass is 310 g/mol. The molecule has 0 aliphatic carbocycles. The molecule has 4 nitrogen and oxygen atoms in total. The number of benzene rings is 2. The average molecular weight is 310 g/mol. The Balaban J connectivity index is 1.88. The van der Waals surface area contributed by atoms with Crippen LogP contribution in [0.15, 0.2) is 42.5 Å². The topological polar surface area (TPSA) is 41.6 Å². The summed E-state index contributed by atoms with van der Waals surface area (Å²) in [5.41, 5.74) is 3.45. The van der Waals surface area contributed by atoms with Gasteiger partial charge in [0, 0.05) is 13.1 Å². The second kappa shape index (κ2) is 6.73. The maximum absolute atomic E-state index is 12.7. The molecule has 1 amide bonds. The van der Waals surface area contributed by atoms with Gasteiger partial charge >= 0.3 is 0 Å². The number of aryl methyl sites for hydroxylation is 1. The Morgan fingerprint density at radius 2 is 1.83 bits per heavy atom. The third kappa shape index (κ3) is 3.16. The summed E-state index contributed by atoms with van der Waals surface area (Å²) >= 11 is 0. The fourth-order valence-electron chi connectivity index (χ4n) is 3.10. The fourth-order valence-corrected chi connectivity index (χ4v) is 3.10. The average Bonchev–Trinajstić information content (AvgIpc) is 3.09. The Kier molecular flexibility index (Phi) is 4.51. The van der Waals surface area contributed by atoms with Crippen molar-refractivity contribution < 1.29 is 9.53 Å². The van der Waals surface area contributed by atoms with Crippen LogP contribution in [-0.4, -0.2) is 26.1 Å². The van der Waals surface area contributed by atoms with Gasteiger partial charge in [-0.2, -0.15) is 0 Å². The molecule has 0 radical (unpaired) electrons. The second-order valence-electron chi connectivity index (χ2n) is 5.82. The van der Waals surface area contributed by atoms with Gasteiger partial charge in [0.1, 0.15) is 5.75 Å². The molecule has 0 unspecified atom stereocenters. The van der Waals surface area contributed by atoms with E-state index in [0.29, 0.717) is 11.3 Å². The van der Waals surface area contributed by atoms with Crippen molar-refractivity contribution in [3.8, 4) is 5.75 Å². The number of nitrogens with zero attached hydrogens (tertiary/aromatic N) is 1. The zero-order valence-electron chi connectivity index (χ0n) is 13.6. The number of hydrogen-bond donors (Lipinski definition) is 1. The summed E-state index contributed by atoms with van der Waals surface area (Å²) in [6, 6.07) is 13.6. The summed E-state index contributed by atoms with van der Waals surface area (Å²) in [7, 11) is 1.59. The van der Waals surface area contributed by atoms with Crippen LogP contribution in [0.1, 0.15) is 28.8 Å². The van der Waals surface area contributed by atoms with Crippen molar-refractivity contribution in [2.24, 2.45) is 0 Å². The standard InChI is InChI=1S/C19H22N2O2/c1-14-8-7-9-15(18(14)23-2)19(22)20-16-10-3-4-11-17(16)21-12-5-6-13-21/h3-4,7-11H,5-6,12-13H2,1-2H3,(H,20,22). The van der Waals surface area contributed by atoms with Crippen LogP contribution in [0.3, 0.4) is 0 Å². The quantitative estimate of drug-likeness (QED) is 0.932. The van der Waals surface area contributed by atoms with E-state index in [1.165, 1.54) is 12.8 Å². The molecule has 0 aromatic heterocycles. The van der Waals surface area contributed by atoms with E-state index in [1.807, 2.05) is 37.3 Å². The second-order valence-corrected chi connectivity index (χ2v) is 5.82. The Bertz CT molecular complexity index is 706. The molecule has 1 fully saturated rings. The van der Waals surface area contributed by atoms with Crippen LogP contribution < -0.4 is 15.0 Å². The minimum absolute atomic E-state index is 0.141. The molecule has 1 saturated heterocycles. The molecule has 120 valence electrons. The van der Waals surface area contributed by atoms with E-state index >= 15 is 0 Å². The van der Waals surface area contributed by atoms with Crippen molar-refractivity contribution in [3.63, 3.8) is 0 Å². The number of carbonyl (C=O) groups is 1. The zero-order chi connectivity index (χ0) is 16.2. The van der Waals surface area contributed by atoms with E-state index in [4.69, 9.17) is 4.74 Å². The van der Waals surface area contributed by atoms with Gasteiger partial charge in [-0.15, -0.1) is 0 Å². The van der Waals surface area contributed by atoms with E-state index in [1.54, 1.807) is 13.2 Å². The van der Waals surface area contributed by atoms with Crippen LogP contribution in [-0.2, 0) is 0 Å². The molecule has 0 spiro atoms. The number of amides is 1. The number of ether oxygens (including phenoxy) is 1. The molecule has 1 heterocycles. The third-order valence-corrected chi connectivity index (χ3v) is 4.26. The number of carbonyl (C=O) groups excluding carboxylic acids is 1. The summed E-state index contributed by atoms with van der Waals surface area (Å²) < 4.78 is 5.39. The number of methoxy groups -OCH3 is 1. The number of nitrogens with one attached hydrogen (secondary N) is 1. The molecular formula is C19H22N2O2. The highest BCUT2D eigenvalue weighted by Crippen LogP contribution is 2.30. The first-order valence-electron chi connectivity index (χ1n) is 7.99. The Morgan fingerprint density at radius 1 is 1.09 bits per heavy atom. The van der Waals surface area contributed by atoms with Gasteiger partial charge in [0.15, 0.2) is 0 Å². The number of hydrogen-bond acceptors (Lipinski definition) is 3. The van der Waals surface area contributed by atoms with Crippen LogP contribution in [0, 0.1) is 6.92 Å². The normalized spacial score (nSPS) is 13.9. The summed E-state index contributed by atoms with van der Waals surface area (Å²) in [5, 5.41) is 3.05. The van der Waals surface area contributed by atoms with Gasteiger partial charge < -0.3 is 15.0 Å². The minimum Gasteiger partial charge on any atom is -0.496 e. The molecule has 0 atom stereocenters. The molecule has 2 aromatic carbocycles. The third-order valence-electron chi connectivity index (χ3n) is 4.26. The van der Waals surface area contributed by atoms with Gasteiger partial charge in [0.2, 0.25) is 0 Å². The first-order chi connectivity index (χ1) is 11.2. The number of para-hydroxylation sites is 3. The maximum Gasteiger partial charge on any atom is 0.259 e. The fraction of sp³-hybridized carbons (Fsp3) is 0.316. The smallest absolute Gasteiger partial charge is 0.259 e. The highest BCUT2D eigenvalue weighted by atomic mass is 16.5. The summed E-state index contributed by atoms with van der Waals surface area (Å²) in [5.74, 6) is 0.487. The Hall–Kier alpha value is -2.49. The number of rotatable bonds is 4. The number of anilines is 2. The van der Waals surface area contributed by atoms with Crippen molar-refractivity contribution in [2.75, 3.05) is 30.4 Å². The minimum atomic E-state index is -0.141. The Labute approximate surface area is 137 Å². The van der Waals surface area contributed by atoms with Crippen molar-refractivity contribution in [2.45, 2.75) is 19.8 Å². The van der Waals surface area contributed by atoms with Crippen molar-refractivity contribution >= 4 is 17.3 Å². The van der Waals surface area contributed by atoms with Gasteiger partial charge in [-0.1, -0.05) is 24.3 Å². The maximum atomic E-state index is 12.7. The van der Waals surface area contributed by atoms with E-state index in [-0.39, 0.29) is 5.91 Å². The van der Waals surface area contributed by atoms with Gasteiger partial charge in [-0.3, -0.25) is 4.79 Å². The predicted molar refractivity (Wildman–Crippen MR) is 93.6 cm³/mol. The molecule has 1 N–H and O–H groups in total. The van der Waals surface area contributed by atoms with Crippen LogP contribution in [0.4, 0.5) is 11.4 Å². The summed E-state index contributed by atoms with van der Waals surface area (Å²) in [6.07, 6.45) is 2.40. The molecule has 1 aliphatic heterocycles. The predicted octanol–water partition coefficient (Wildman–Crippen LogP) is 3.86. The molecular weight excluding hydrogens is 288 g/mol. The van der Waals surface area contributed by atoms with Crippen LogP contribution in [0.2, 0.25) is 0 Å². The molecule has 23 heavy (non-hydrogen) atoms. The van der Waals surface area contributed by atoms with Gasteiger partial charge in [-0.25, -0.2) is 0 Å². The molecule has 4 heteroatoms. The highest BCUT2D eigenvalue weighted by Gasteiger charge is 2.19. The SMILES string of the molecule is COc1c(C)cccc1C(=O)Nc1ccccc1N1CCCC1. The van der Waals surface area contributed by atoms with E-state index in [2.05, 4.69) is 16.3 Å². The van der Waals surface area contributed by atoms with Gasteiger partial charge in [0.05, 0.1) is 24.0 Å². The first-order valence-corrected chi connectivity index (χ1v) is 7.99. The molecule has 0 bridgehead atoms. The van der Waals surface area contributed by atoms with Crippen molar-refractivity contribution in [1.82, 2.24) is 0 Å². The molecule has 3 rings (SSSR count). The summed E-state index contributed by atoms with van der Waals surface area (Å²) in [4.78, 5) is 15.0. The molecule has 2 aromatic rings. The van der Waals surface area contributed by atoms with Crippen LogP contribution >= 0.6 is 0 Å². The molecule has 1 aliphatic rings. The summed E-state index contributed by atoms with van der Waals surface area (Å²) in [6.45, 7) is 4.02. The highest BCUT2D eigenvalue weighted by molar-refractivity contribution is 6.08. The Morgan fingerprint density at radius 3 is 2.57 bits per heavy atom. The first kappa shape index (κ1) is 15.4. The van der Waals surface area contributed by atoms with Gasteiger partial charge in [0.25, 0.3) is 5.91 Å². The van der Waals surface area contributed by atoms with Crippen molar-refractivity contribution in [1.29, 1.82) is 0 Å². The van der Waals surface area contributed by atoms with E-state index < -0.39 is 0 Å².